The average molecular weight is 613 g/mol. The number of sulfone groups is 1. The summed E-state index contributed by atoms with van der Waals surface area (Å²) in [6.45, 7) is 5.00. The number of aromatic nitrogens is 3. The zero-order valence-corrected chi connectivity index (χ0v) is 24.9. The molecule has 15 heteroatoms. The lowest BCUT2D eigenvalue weighted by Gasteiger charge is -2.27. The maximum absolute atomic E-state index is 13.2. The van der Waals surface area contributed by atoms with E-state index < -0.39 is 39.5 Å². The molecule has 0 fully saturated rings. The van der Waals surface area contributed by atoms with Gasteiger partial charge in [0.25, 0.3) is 5.91 Å². The van der Waals surface area contributed by atoms with Crippen molar-refractivity contribution in [1.82, 2.24) is 20.1 Å². The predicted octanol–water partition coefficient (Wildman–Crippen LogP) is 4.29. The average Bonchev–Trinajstić information content (AvgIpc) is 3.20. The van der Waals surface area contributed by atoms with Crippen LogP contribution in [0.4, 0.5) is 13.2 Å². The molecule has 2 heterocycles. The van der Waals surface area contributed by atoms with Crippen LogP contribution in [0.25, 0.3) is 11.3 Å². The Balaban J connectivity index is 2.28. The van der Waals surface area contributed by atoms with Crippen LogP contribution in [0.1, 0.15) is 57.4 Å². The first-order chi connectivity index (χ1) is 18.4. The highest BCUT2D eigenvalue weighted by Crippen LogP contribution is 2.40. The molecule has 2 N–H and O–H groups in total. The van der Waals surface area contributed by atoms with E-state index in [4.69, 9.17) is 21.1 Å². The van der Waals surface area contributed by atoms with Gasteiger partial charge >= 0.3 is 6.18 Å². The molecule has 2 aromatic rings. The summed E-state index contributed by atoms with van der Waals surface area (Å²) >= 11 is 6.58. The number of aliphatic hydroxyl groups is 1. The van der Waals surface area contributed by atoms with Crippen LogP contribution < -0.4 is 14.8 Å². The molecule has 0 aromatic carbocycles. The molecule has 2 rings (SSSR count). The molecule has 0 aliphatic rings. The van der Waals surface area contributed by atoms with Gasteiger partial charge in [-0.2, -0.15) is 18.3 Å². The van der Waals surface area contributed by atoms with E-state index in [0.29, 0.717) is 17.8 Å². The Labute approximate surface area is 237 Å². The maximum Gasteiger partial charge on any atom is 0.397 e. The monoisotopic (exact) mass is 612 g/mol. The largest absolute Gasteiger partial charge is 0.496 e. The summed E-state index contributed by atoms with van der Waals surface area (Å²) < 4.78 is 74.5. The van der Waals surface area contributed by atoms with Crippen molar-refractivity contribution in [3.63, 3.8) is 0 Å². The molecule has 0 radical (unpaired) electrons. The molecule has 0 saturated carbocycles. The Morgan fingerprint density at radius 3 is 2.42 bits per heavy atom. The normalized spacial score (nSPS) is 14.1. The molecule has 0 bridgehead atoms. The fourth-order valence-corrected chi connectivity index (χ4v) is 4.63. The first kappa shape index (κ1) is 33.6. The van der Waals surface area contributed by atoms with E-state index in [2.05, 4.69) is 15.4 Å². The molecule has 1 unspecified atom stereocenters. The van der Waals surface area contributed by atoms with Gasteiger partial charge in [-0.3, -0.25) is 9.48 Å². The standard InChI is InChI=1S/C25H36ClF3N4O6S/c1-7-24(35,10-9-11-40(6,36)37)14-31-22(34)20-19(26)21(33(8-2)32-20)16-13-30-18(12-17(16)38-5)39-15-23(3,4)25(27,28)29/h12-13,35H,7-11,14-15H2,1-6H3,(H,31,34). The molecular weight excluding hydrogens is 577 g/mol. The zero-order chi connectivity index (χ0) is 30.5. The number of halogens is 4. The molecule has 1 amide bonds. The van der Waals surface area contributed by atoms with E-state index in [1.54, 1.807) is 13.8 Å². The second-order valence-corrected chi connectivity index (χ2v) is 12.9. The first-order valence-corrected chi connectivity index (χ1v) is 15.0. The SMILES string of the molecule is CCn1nc(C(=O)NCC(O)(CC)CCCS(C)(=O)=O)c(Cl)c1-c1cnc(OCC(C)(C)C(F)(F)F)cc1OC. The highest BCUT2D eigenvalue weighted by molar-refractivity contribution is 7.90. The Kier molecular flexibility index (Phi) is 10.9. The number of aryl methyl sites for hydroxylation is 1. The van der Waals surface area contributed by atoms with Gasteiger partial charge in [-0.15, -0.1) is 0 Å². The van der Waals surface area contributed by atoms with Gasteiger partial charge in [-0.25, -0.2) is 13.4 Å². The van der Waals surface area contributed by atoms with Crippen molar-refractivity contribution in [2.45, 2.75) is 65.3 Å². The molecular formula is C25H36ClF3N4O6S. The molecule has 226 valence electrons. The summed E-state index contributed by atoms with van der Waals surface area (Å²) in [5.74, 6) is -0.650. The topological polar surface area (TPSA) is 133 Å². The lowest BCUT2D eigenvalue weighted by atomic mass is 9.94. The first-order valence-electron chi connectivity index (χ1n) is 12.6. The summed E-state index contributed by atoms with van der Waals surface area (Å²) in [6.07, 6.45) is -1.38. The van der Waals surface area contributed by atoms with Gasteiger partial charge in [0.15, 0.2) is 5.69 Å². The number of methoxy groups -OCH3 is 1. The minimum absolute atomic E-state index is 0.0246. The van der Waals surface area contributed by atoms with Crippen LogP contribution in [0.3, 0.4) is 0 Å². The maximum atomic E-state index is 13.2. The van der Waals surface area contributed by atoms with E-state index in [0.717, 1.165) is 20.1 Å². The third kappa shape index (κ3) is 8.46. The van der Waals surface area contributed by atoms with Crippen LogP contribution in [0.2, 0.25) is 5.02 Å². The fourth-order valence-electron chi connectivity index (χ4n) is 3.63. The number of carbonyl (C=O) groups is 1. The van der Waals surface area contributed by atoms with Crippen molar-refractivity contribution >= 4 is 27.3 Å². The Morgan fingerprint density at radius 2 is 1.90 bits per heavy atom. The lowest BCUT2D eigenvalue weighted by molar-refractivity contribution is -0.219. The van der Waals surface area contributed by atoms with Gasteiger partial charge in [0.1, 0.15) is 22.2 Å². The van der Waals surface area contributed by atoms with E-state index in [1.807, 2.05) is 0 Å². The zero-order valence-electron chi connectivity index (χ0n) is 23.4. The second kappa shape index (κ2) is 12.9. The minimum atomic E-state index is -4.47. The third-order valence-electron chi connectivity index (χ3n) is 6.47. The fraction of sp³-hybridized carbons (Fsp3) is 0.640. The molecule has 0 aliphatic carbocycles. The predicted molar refractivity (Wildman–Crippen MR) is 145 cm³/mol. The van der Waals surface area contributed by atoms with E-state index >= 15 is 0 Å². The number of rotatable bonds is 14. The van der Waals surface area contributed by atoms with Gasteiger partial charge in [-0.05, 0) is 40.0 Å². The van der Waals surface area contributed by atoms with Crippen LogP contribution in [-0.4, -0.2) is 78.2 Å². The summed E-state index contributed by atoms with van der Waals surface area (Å²) in [4.78, 5) is 17.1. The number of alkyl halides is 3. The van der Waals surface area contributed by atoms with Crippen molar-refractivity contribution in [3.05, 3.63) is 23.0 Å². The second-order valence-electron chi connectivity index (χ2n) is 10.2. The molecule has 0 saturated heterocycles. The number of carbonyl (C=O) groups excluding carboxylic acids is 1. The summed E-state index contributed by atoms with van der Waals surface area (Å²) in [5.41, 5.74) is -2.94. The van der Waals surface area contributed by atoms with Crippen molar-refractivity contribution < 1.29 is 41.0 Å². The van der Waals surface area contributed by atoms with Crippen LogP contribution >= 0.6 is 11.6 Å². The van der Waals surface area contributed by atoms with E-state index in [-0.39, 0.29) is 53.9 Å². The molecule has 1 atom stereocenters. The molecule has 2 aromatic heterocycles. The molecule has 10 nitrogen and oxygen atoms in total. The van der Waals surface area contributed by atoms with Gasteiger partial charge in [-0.1, -0.05) is 18.5 Å². The van der Waals surface area contributed by atoms with Crippen LogP contribution in [0.5, 0.6) is 11.6 Å². The summed E-state index contributed by atoms with van der Waals surface area (Å²) in [6, 6.07) is 1.32. The molecule has 40 heavy (non-hydrogen) atoms. The third-order valence-corrected chi connectivity index (χ3v) is 7.86. The minimum Gasteiger partial charge on any atom is -0.496 e. The quantitative estimate of drug-likeness (QED) is 0.323. The highest BCUT2D eigenvalue weighted by atomic mass is 35.5. The number of pyridine rings is 1. The lowest BCUT2D eigenvalue weighted by Crippen LogP contribution is -2.43. The van der Waals surface area contributed by atoms with Crippen LogP contribution in [0, 0.1) is 5.41 Å². The molecule has 0 aliphatic heterocycles. The summed E-state index contributed by atoms with van der Waals surface area (Å²) in [7, 11) is -1.83. The van der Waals surface area contributed by atoms with E-state index in [1.165, 1.54) is 24.1 Å². The summed E-state index contributed by atoms with van der Waals surface area (Å²) in [5, 5.41) is 17.7. The van der Waals surface area contributed by atoms with Gasteiger partial charge in [0.05, 0.1) is 34.4 Å². The van der Waals surface area contributed by atoms with Crippen LogP contribution in [0.15, 0.2) is 12.3 Å². The van der Waals surface area contributed by atoms with Gasteiger partial charge in [0, 0.05) is 37.4 Å². The number of nitrogens with one attached hydrogen (secondary N) is 1. The van der Waals surface area contributed by atoms with Gasteiger partial charge < -0.3 is 19.9 Å². The number of amides is 1. The smallest absolute Gasteiger partial charge is 0.397 e. The molecule has 0 spiro atoms. The Hall–Kier alpha value is -2.58. The van der Waals surface area contributed by atoms with E-state index in [9.17, 15) is 31.5 Å². The number of ether oxygens (including phenoxy) is 2. The van der Waals surface area contributed by atoms with Crippen molar-refractivity contribution in [2.75, 3.05) is 32.3 Å². The Bertz CT molecular complexity index is 1300. The van der Waals surface area contributed by atoms with Crippen molar-refractivity contribution in [1.29, 1.82) is 0 Å². The number of hydrogen-bond acceptors (Lipinski definition) is 8. The number of hydrogen-bond donors (Lipinski definition) is 2. The van der Waals surface area contributed by atoms with Crippen LogP contribution in [-0.2, 0) is 16.4 Å². The highest BCUT2D eigenvalue weighted by Gasteiger charge is 2.48. The van der Waals surface area contributed by atoms with Gasteiger partial charge in [0.2, 0.25) is 5.88 Å². The van der Waals surface area contributed by atoms with Crippen molar-refractivity contribution in [3.8, 4) is 22.9 Å². The Morgan fingerprint density at radius 1 is 1.25 bits per heavy atom. The number of nitrogens with zero attached hydrogens (tertiary/aromatic N) is 3. The van der Waals surface area contributed by atoms with Crippen molar-refractivity contribution in [2.24, 2.45) is 5.41 Å².